The van der Waals surface area contributed by atoms with Crippen LogP contribution in [-0.4, -0.2) is 52.9 Å². The minimum Gasteiger partial charge on any atom is -0.511 e. The van der Waals surface area contributed by atoms with Gasteiger partial charge in [-0.2, -0.15) is 0 Å². The monoisotopic (exact) mass is 550 g/mol. The number of Topliss-reactive ketones (excluding diaryl/α,β-unsaturated/α-hetero) is 2. The van der Waals surface area contributed by atoms with Crippen LogP contribution in [0.3, 0.4) is 0 Å². The molecule has 0 radical (unpaired) electrons. The fourth-order valence-electron chi connectivity index (χ4n) is 6.03. The Morgan fingerprint density at radius 1 is 1.07 bits per heavy atom. The van der Waals surface area contributed by atoms with E-state index in [0.717, 1.165) is 6.07 Å². The number of aliphatic hydroxyl groups is 2. The number of ketones is 2. The maximum Gasteiger partial charge on any atom is 0.323 e. The maximum absolute atomic E-state index is 13.9. The number of hydrogen-bond acceptors (Lipinski definition) is 8. The van der Waals surface area contributed by atoms with Gasteiger partial charge in [-0.05, 0) is 54.5 Å². The topological polar surface area (TPSA) is 182 Å². The van der Waals surface area contributed by atoms with E-state index in [1.807, 2.05) is 0 Å². The van der Waals surface area contributed by atoms with Gasteiger partial charge in [-0.3, -0.25) is 14.4 Å². The van der Waals surface area contributed by atoms with Crippen molar-refractivity contribution in [3.05, 3.63) is 69.9 Å². The van der Waals surface area contributed by atoms with Crippen molar-refractivity contribution >= 4 is 40.6 Å². The van der Waals surface area contributed by atoms with Crippen LogP contribution in [0.5, 0.6) is 5.75 Å². The third-order valence-electron chi connectivity index (χ3n) is 7.68. The molecule has 2 aromatic rings. The number of nitrogens with zero attached hydrogens (tertiary/aromatic N) is 1. The molecule has 0 saturated heterocycles. The molecule has 11 nitrogen and oxygen atoms in total. The number of urea groups is 1. The summed E-state index contributed by atoms with van der Waals surface area (Å²) < 4.78 is 13.5. The number of rotatable bonds is 4. The van der Waals surface area contributed by atoms with E-state index >= 15 is 0 Å². The number of nitrogens with two attached hydrogens (primary N) is 1. The number of fused-ring (bicyclic) bond motifs is 3. The number of primary amides is 1. The normalized spacial score (nSPS) is 21.8. The number of allylic oxidation sites excluding steroid dienone is 3. The predicted molar refractivity (Wildman–Crippen MR) is 143 cm³/mol. The van der Waals surface area contributed by atoms with Crippen LogP contribution < -0.4 is 21.3 Å². The first-order valence-corrected chi connectivity index (χ1v) is 12.5. The van der Waals surface area contributed by atoms with Crippen LogP contribution in [-0.2, 0) is 16.0 Å². The summed E-state index contributed by atoms with van der Waals surface area (Å²) in [4.78, 5) is 53.1. The summed E-state index contributed by atoms with van der Waals surface area (Å²) in [5.74, 6) is -7.05. The van der Waals surface area contributed by atoms with E-state index in [0.29, 0.717) is 11.3 Å². The lowest BCUT2D eigenvalue weighted by atomic mass is 9.62. The van der Waals surface area contributed by atoms with Crippen molar-refractivity contribution in [2.75, 3.05) is 29.6 Å². The summed E-state index contributed by atoms with van der Waals surface area (Å²) in [5.41, 5.74) is 5.57. The fourth-order valence-corrected chi connectivity index (χ4v) is 6.03. The zero-order valence-electron chi connectivity index (χ0n) is 21.6. The van der Waals surface area contributed by atoms with Crippen molar-refractivity contribution in [3.8, 4) is 5.75 Å². The average molecular weight is 551 g/mol. The van der Waals surface area contributed by atoms with Crippen molar-refractivity contribution in [2.45, 2.75) is 19.3 Å². The zero-order chi connectivity index (χ0) is 29.0. The van der Waals surface area contributed by atoms with Crippen LogP contribution in [0.2, 0.25) is 0 Å². The summed E-state index contributed by atoms with van der Waals surface area (Å²) in [6.45, 7) is 0. The van der Waals surface area contributed by atoms with Gasteiger partial charge in [0, 0.05) is 37.5 Å². The second-order valence-electron chi connectivity index (χ2n) is 10.4. The number of phenols is 1. The Bertz CT molecular complexity index is 1560. The van der Waals surface area contributed by atoms with Gasteiger partial charge in [-0.25, -0.2) is 9.18 Å². The molecule has 0 fully saturated rings. The van der Waals surface area contributed by atoms with Crippen LogP contribution in [0.25, 0.3) is 0 Å². The molecule has 0 aliphatic heterocycles. The SMILES string of the molecule is CN(C)c1cc(NC(=O)Nc2cccc(F)c2)c(O)c2c1CC1CC3CC(O)=C(C(N)=O)C(=O)C3C(O)=C1C2=O. The molecular formula is C28H27FN4O7. The van der Waals surface area contributed by atoms with Gasteiger partial charge in [0.05, 0.1) is 17.2 Å². The number of hydrogen-bond donors (Lipinski definition) is 6. The first kappa shape index (κ1) is 26.7. The molecule has 0 aromatic heterocycles. The Kier molecular flexibility index (Phi) is 6.48. The lowest BCUT2D eigenvalue weighted by Gasteiger charge is -2.41. The molecular weight excluding hydrogens is 523 g/mol. The van der Waals surface area contributed by atoms with Gasteiger partial charge in [0.1, 0.15) is 22.9 Å². The molecule has 3 amide bonds. The zero-order valence-corrected chi connectivity index (χ0v) is 21.6. The van der Waals surface area contributed by atoms with Crippen molar-refractivity contribution in [1.29, 1.82) is 0 Å². The number of aliphatic hydroxyl groups excluding tert-OH is 2. The molecule has 0 spiro atoms. The van der Waals surface area contributed by atoms with E-state index in [-0.39, 0.29) is 41.8 Å². The molecule has 5 rings (SSSR count). The molecule has 12 heteroatoms. The number of aromatic hydroxyl groups is 1. The van der Waals surface area contributed by atoms with E-state index in [2.05, 4.69) is 10.6 Å². The van der Waals surface area contributed by atoms with Gasteiger partial charge >= 0.3 is 6.03 Å². The summed E-state index contributed by atoms with van der Waals surface area (Å²) >= 11 is 0. The second kappa shape index (κ2) is 9.70. The molecule has 3 atom stereocenters. The first-order chi connectivity index (χ1) is 18.9. The first-order valence-electron chi connectivity index (χ1n) is 12.5. The van der Waals surface area contributed by atoms with E-state index in [9.17, 15) is 38.9 Å². The predicted octanol–water partition coefficient (Wildman–Crippen LogP) is 3.31. The van der Waals surface area contributed by atoms with Crippen LogP contribution in [0, 0.1) is 23.6 Å². The van der Waals surface area contributed by atoms with Crippen molar-refractivity contribution < 1.29 is 38.9 Å². The minimum atomic E-state index is -1.23. The van der Waals surface area contributed by atoms with Crippen LogP contribution >= 0.6 is 0 Å². The lowest BCUT2D eigenvalue weighted by molar-refractivity contribution is -0.126. The smallest absolute Gasteiger partial charge is 0.323 e. The van der Waals surface area contributed by atoms with Crippen LogP contribution in [0.1, 0.15) is 28.8 Å². The average Bonchev–Trinajstić information content (AvgIpc) is 2.84. The molecule has 40 heavy (non-hydrogen) atoms. The minimum absolute atomic E-state index is 0.0569. The van der Waals surface area contributed by atoms with E-state index in [1.54, 1.807) is 19.0 Å². The molecule has 0 heterocycles. The maximum atomic E-state index is 13.9. The molecule has 2 aromatic carbocycles. The van der Waals surface area contributed by atoms with Gasteiger partial charge in [0.25, 0.3) is 5.91 Å². The molecule has 0 bridgehead atoms. The number of carbonyl (C=O) groups is 4. The largest absolute Gasteiger partial charge is 0.511 e. The molecule has 3 unspecified atom stereocenters. The Balaban J connectivity index is 1.55. The molecule has 208 valence electrons. The van der Waals surface area contributed by atoms with Gasteiger partial charge in [0.15, 0.2) is 17.3 Å². The number of anilines is 3. The molecule has 3 aliphatic carbocycles. The Morgan fingerprint density at radius 2 is 1.80 bits per heavy atom. The number of nitrogens with one attached hydrogen (secondary N) is 2. The van der Waals surface area contributed by atoms with Gasteiger partial charge < -0.3 is 36.6 Å². The van der Waals surface area contributed by atoms with Gasteiger partial charge in [-0.1, -0.05) is 6.07 Å². The summed E-state index contributed by atoms with van der Waals surface area (Å²) in [6.07, 6.45) is 0.432. The highest BCUT2D eigenvalue weighted by Crippen LogP contribution is 2.51. The molecule has 7 N–H and O–H groups in total. The van der Waals surface area contributed by atoms with Crippen molar-refractivity contribution in [2.24, 2.45) is 23.5 Å². The quantitative estimate of drug-likeness (QED) is 0.247. The van der Waals surface area contributed by atoms with E-state index in [1.165, 1.54) is 24.3 Å². The number of carbonyl (C=O) groups excluding carboxylic acids is 4. The highest BCUT2D eigenvalue weighted by atomic mass is 19.1. The van der Waals surface area contributed by atoms with Gasteiger partial charge in [0.2, 0.25) is 0 Å². The summed E-state index contributed by atoms with van der Waals surface area (Å²) in [7, 11) is 3.45. The molecule has 3 aliphatic rings. The third-order valence-corrected chi connectivity index (χ3v) is 7.68. The van der Waals surface area contributed by atoms with Crippen molar-refractivity contribution in [3.63, 3.8) is 0 Å². The highest BCUT2D eigenvalue weighted by Gasteiger charge is 2.50. The molecule has 0 saturated carbocycles. The fraction of sp³-hybridized carbons (Fsp3) is 0.286. The van der Waals surface area contributed by atoms with Crippen LogP contribution in [0.4, 0.5) is 26.2 Å². The Hall–Kier alpha value is -4.87. The van der Waals surface area contributed by atoms with Crippen molar-refractivity contribution in [1.82, 2.24) is 0 Å². The highest BCUT2D eigenvalue weighted by molar-refractivity contribution is 6.22. The van der Waals surface area contributed by atoms with Crippen LogP contribution in [0.15, 0.2) is 53.0 Å². The second-order valence-corrected chi connectivity index (χ2v) is 10.4. The number of halogens is 1. The lowest BCUT2D eigenvalue weighted by Crippen LogP contribution is -2.43. The number of phenolic OH excluding ortho intramolecular Hbond substituents is 1. The Labute approximate surface area is 227 Å². The summed E-state index contributed by atoms with van der Waals surface area (Å²) in [6, 6.07) is 5.92. The standard InChI is InChI=1S/C28H27FN4O7/c1-33(2)17-10-16(32-28(40)31-14-5-3-4-13(29)9-14)23(35)21-15(17)7-11-6-12-8-18(34)22(27(30)39)26(38)20(12)24(36)19(11)25(21)37/h3-5,9-12,20,34-36H,6-8H2,1-2H3,(H2,30,39)(H2,31,32,40). The van der Waals surface area contributed by atoms with Gasteiger partial charge in [-0.15, -0.1) is 0 Å². The number of benzene rings is 2. The number of amides is 3. The third kappa shape index (κ3) is 4.31. The van der Waals surface area contributed by atoms with E-state index < -0.39 is 69.9 Å². The Morgan fingerprint density at radius 3 is 2.45 bits per heavy atom. The summed E-state index contributed by atoms with van der Waals surface area (Å²) in [5, 5.41) is 37.6. The van der Waals surface area contributed by atoms with E-state index in [4.69, 9.17) is 5.73 Å².